The van der Waals surface area contributed by atoms with E-state index in [4.69, 9.17) is 9.47 Å². The summed E-state index contributed by atoms with van der Waals surface area (Å²) >= 11 is 0. The van der Waals surface area contributed by atoms with E-state index in [9.17, 15) is 9.59 Å². The highest BCUT2D eigenvalue weighted by Gasteiger charge is 2.10. The van der Waals surface area contributed by atoms with Gasteiger partial charge >= 0.3 is 11.9 Å². The van der Waals surface area contributed by atoms with Crippen LogP contribution in [0.15, 0.2) is 24.3 Å². The average molecular weight is 363 g/mol. The predicted molar refractivity (Wildman–Crippen MR) is 105 cm³/mol. The lowest BCUT2D eigenvalue weighted by molar-refractivity contribution is 0.0484. The molecule has 0 aromatic heterocycles. The van der Waals surface area contributed by atoms with Gasteiger partial charge in [-0.2, -0.15) is 0 Å². The largest absolute Gasteiger partial charge is 0.462 e. The molecule has 0 aliphatic heterocycles. The van der Waals surface area contributed by atoms with Crippen LogP contribution in [0.4, 0.5) is 0 Å². The van der Waals surface area contributed by atoms with Crippen molar-refractivity contribution in [1.29, 1.82) is 0 Å². The molecular formula is C22H34O4. The van der Waals surface area contributed by atoms with Crippen LogP contribution in [0.25, 0.3) is 0 Å². The second-order valence-electron chi connectivity index (χ2n) is 6.68. The van der Waals surface area contributed by atoms with E-state index in [2.05, 4.69) is 6.92 Å². The number of benzene rings is 1. The molecule has 4 nitrogen and oxygen atoms in total. The van der Waals surface area contributed by atoms with Gasteiger partial charge in [0.2, 0.25) is 0 Å². The third kappa shape index (κ3) is 9.59. The SMILES string of the molecule is CCCCCCCCCCOC(=O)c1ccc(C(=O)OCCCC)cc1. The summed E-state index contributed by atoms with van der Waals surface area (Å²) in [6.07, 6.45) is 11.5. The molecule has 0 amide bonds. The topological polar surface area (TPSA) is 52.6 Å². The molecule has 1 aromatic rings. The zero-order chi connectivity index (χ0) is 19.0. The summed E-state index contributed by atoms with van der Waals surface area (Å²) in [5.74, 6) is -0.684. The smallest absolute Gasteiger partial charge is 0.338 e. The fraction of sp³-hybridized carbons (Fsp3) is 0.636. The Balaban J connectivity index is 2.19. The van der Waals surface area contributed by atoms with Crippen molar-refractivity contribution in [2.45, 2.75) is 78.1 Å². The van der Waals surface area contributed by atoms with Crippen molar-refractivity contribution in [2.24, 2.45) is 0 Å². The minimum absolute atomic E-state index is 0.334. The molecule has 0 heterocycles. The zero-order valence-corrected chi connectivity index (χ0v) is 16.4. The Morgan fingerprint density at radius 3 is 1.46 bits per heavy atom. The van der Waals surface area contributed by atoms with Crippen molar-refractivity contribution >= 4 is 11.9 Å². The molecule has 0 fully saturated rings. The summed E-state index contributed by atoms with van der Waals surface area (Å²) in [6, 6.07) is 6.46. The minimum atomic E-state index is -0.350. The van der Waals surface area contributed by atoms with E-state index in [1.807, 2.05) is 6.92 Å². The van der Waals surface area contributed by atoms with Gasteiger partial charge in [0.25, 0.3) is 0 Å². The van der Waals surface area contributed by atoms with Crippen LogP contribution in [0.5, 0.6) is 0 Å². The van der Waals surface area contributed by atoms with Gasteiger partial charge in [0.05, 0.1) is 24.3 Å². The van der Waals surface area contributed by atoms with Crippen molar-refractivity contribution in [2.75, 3.05) is 13.2 Å². The predicted octanol–water partition coefficient (Wildman–Crippen LogP) is 5.94. The molecule has 1 rings (SSSR count). The molecule has 0 aliphatic carbocycles. The van der Waals surface area contributed by atoms with Crippen LogP contribution in [0.3, 0.4) is 0 Å². The van der Waals surface area contributed by atoms with Gasteiger partial charge in [-0.15, -0.1) is 0 Å². The monoisotopic (exact) mass is 362 g/mol. The fourth-order valence-corrected chi connectivity index (χ4v) is 2.62. The van der Waals surface area contributed by atoms with Gasteiger partial charge in [0, 0.05) is 0 Å². The molecule has 0 unspecified atom stereocenters. The number of unbranched alkanes of at least 4 members (excludes halogenated alkanes) is 8. The van der Waals surface area contributed by atoms with Crippen molar-refractivity contribution in [1.82, 2.24) is 0 Å². The lowest BCUT2D eigenvalue weighted by atomic mass is 10.1. The number of hydrogen-bond donors (Lipinski definition) is 0. The maximum Gasteiger partial charge on any atom is 0.338 e. The van der Waals surface area contributed by atoms with Crippen LogP contribution >= 0.6 is 0 Å². The van der Waals surface area contributed by atoms with Crippen molar-refractivity contribution in [3.05, 3.63) is 35.4 Å². The molecule has 0 radical (unpaired) electrons. The van der Waals surface area contributed by atoms with Crippen LogP contribution in [-0.4, -0.2) is 25.2 Å². The molecule has 4 heteroatoms. The van der Waals surface area contributed by atoms with E-state index in [1.54, 1.807) is 24.3 Å². The van der Waals surface area contributed by atoms with E-state index in [-0.39, 0.29) is 11.9 Å². The highest BCUT2D eigenvalue weighted by Crippen LogP contribution is 2.10. The highest BCUT2D eigenvalue weighted by molar-refractivity contribution is 5.93. The first-order valence-electron chi connectivity index (χ1n) is 10.1. The lowest BCUT2D eigenvalue weighted by Crippen LogP contribution is -2.09. The Labute approximate surface area is 158 Å². The molecule has 0 saturated heterocycles. The molecule has 26 heavy (non-hydrogen) atoms. The Morgan fingerprint density at radius 2 is 1.00 bits per heavy atom. The number of carbonyl (C=O) groups is 2. The zero-order valence-electron chi connectivity index (χ0n) is 16.4. The van der Waals surface area contributed by atoms with Gasteiger partial charge in [-0.3, -0.25) is 0 Å². The Kier molecular flexibility index (Phi) is 12.2. The van der Waals surface area contributed by atoms with Gasteiger partial charge < -0.3 is 9.47 Å². The Hall–Kier alpha value is -1.84. The standard InChI is InChI=1S/C22H34O4/c1-3-5-7-8-9-10-11-12-18-26-22(24)20-15-13-19(14-16-20)21(23)25-17-6-4-2/h13-16H,3-12,17-18H2,1-2H3. The first kappa shape index (κ1) is 22.2. The maximum atomic E-state index is 12.0. The van der Waals surface area contributed by atoms with E-state index in [0.717, 1.165) is 25.7 Å². The van der Waals surface area contributed by atoms with Crippen molar-refractivity contribution < 1.29 is 19.1 Å². The number of hydrogen-bond acceptors (Lipinski definition) is 4. The Bertz CT molecular complexity index is 507. The number of ether oxygens (including phenoxy) is 2. The van der Waals surface area contributed by atoms with Crippen LogP contribution in [0.1, 0.15) is 98.8 Å². The summed E-state index contributed by atoms with van der Waals surface area (Å²) in [4.78, 5) is 23.8. The highest BCUT2D eigenvalue weighted by atomic mass is 16.5. The van der Waals surface area contributed by atoms with Crippen LogP contribution in [-0.2, 0) is 9.47 Å². The molecule has 0 atom stereocenters. The molecule has 0 N–H and O–H groups in total. The summed E-state index contributed by atoms with van der Waals surface area (Å²) in [5.41, 5.74) is 0.926. The first-order valence-corrected chi connectivity index (χ1v) is 10.1. The van der Waals surface area contributed by atoms with Crippen molar-refractivity contribution in [3.63, 3.8) is 0 Å². The molecule has 0 bridgehead atoms. The first-order chi connectivity index (χ1) is 12.7. The number of carbonyl (C=O) groups excluding carboxylic acids is 2. The molecular weight excluding hydrogens is 328 g/mol. The van der Waals surface area contributed by atoms with Crippen LogP contribution < -0.4 is 0 Å². The van der Waals surface area contributed by atoms with Gasteiger partial charge in [0.1, 0.15) is 0 Å². The minimum Gasteiger partial charge on any atom is -0.462 e. The third-order valence-corrected chi connectivity index (χ3v) is 4.32. The fourth-order valence-electron chi connectivity index (χ4n) is 2.62. The van der Waals surface area contributed by atoms with Gasteiger partial charge in [-0.1, -0.05) is 65.2 Å². The van der Waals surface area contributed by atoms with E-state index in [1.165, 1.54) is 38.5 Å². The molecule has 0 saturated carbocycles. The Morgan fingerprint density at radius 1 is 0.615 bits per heavy atom. The second kappa shape index (κ2) is 14.3. The average Bonchev–Trinajstić information content (AvgIpc) is 2.66. The van der Waals surface area contributed by atoms with Gasteiger partial charge in [0.15, 0.2) is 0 Å². The molecule has 1 aromatic carbocycles. The van der Waals surface area contributed by atoms with Gasteiger partial charge in [-0.05, 0) is 37.1 Å². The lowest BCUT2D eigenvalue weighted by Gasteiger charge is -2.07. The molecule has 146 valence electrons. The van der Waals surface area contributed by atoms with E-state index in [0.29, 0.717) is 24.3 Å². The number of esters is 2. The van der Waals surface area contributed by atoms with Crippen LogP contribution in [0, 0.1) is 0 Å². The van der Waals surface area contributed by atoms with Gasteiger partial charge in [-0.25, -0.2) is 9.59 Å². The van der Waals surface area contributed by atoms with Crippen LogP contribution in [0.2, 0.25) is 0 Å². The summed E-state index contributed by atoms with van der Waals surface area (Å²) in [7, 11) is 0. The normalized spacial score (nSPS) is 10.5. The summed E-state index contributed by atoms with van der Waals surface area (Å²) < 4.78 is 10.4. The second-order valence-corrected chi connectivity index (χ2v) is 6.68. The van der Waals surface area contributed by atoms with Crippen molar-refractivity contribution in [3.8, 4) is 0 Å². The third-order valence-electron chi connectivity index (χ3n) is 4.32. The summed E-state index contributed by atoms with van der Waals surface area (Å²) in [5, 5.41) is 0. The number of rotatable bonds is 14. The maximum absolute atomic E-state index is 12.0. The summed E-state index contributed by atoms with van der Waals surface area (Å²) in [6.45, 7) is 5.15. The van der Waals surface area contributed by atoms with E-state index >= 15 is 0 Å². The molecule has 0 aliphatic rings. The molecule has 0 spiro atoms. The van der Waals surface area contributed by atoms with E-state index < -0.39 is 0 Å². The quantitative estimate of drug-likeness (QED) is 0.303.